The predicted molar refractivity (Wildman–Crippen MR) is 52.6 cm³/mol. The number of anilines is 1. The van der Waals surface area contributed by atoms with Crippen LogP contribution in [0.25, 0.3) is 0 Å². The highest BCUT2D eigenvalue weighted by Gasteiger charge is 2.31. The lowest BCUT2D eigenvalue weighted by molar-refractivity contribution is -0.0231. The number of rotatable bonds is 2. The number of ether oxygens (including phenoxy) is 1. The second-order valence-electron chi connectivity index (χ2n) is 4.40. The van der Waals surface area contributed by atoms with E-state index in [1.807, 2.05) is 0 Å². The van der Waals surface area contributed by atoms with Crippen LogP contribution in [0.1, 0.15) is 26.7 Å². The smallest absolute Gasteiger partial charge is 0.165 e. The summed E-state index contributed by atoms with van der Waals surface area (Å²) < 4.78 is 7.57. The van der Waals surface area contributed by atoms with E-state index in [9.17, 15) is 0 Å². The van der Waals surface area contributed by atoms with Crippen LogP contribution >= 0.6 is 0 Å². The first-order valence-corrected chi connectivity index (χ1v) is 4.89. The van der Waals surface area contributed by atoms with E-state index in [1.54, 1.807) is 10.9 Å². The number of nitrogens with two attached hydrogens (primary N) is 1. The van der Waals surface area contributed by atoms with Gasteiger partial charge in [-0.25, -0.2) is 4.68 Å². The molecule has 1 aromatic heterocycles. The van der Waals surface area contributed by atoms with Gasteiger partial charge in [0.25, 0.3) is 0 Å². The van der Waals surface area contributed by atoms with Crippen molar-refractivity contribution in [2.45, 2.75) is 44.9 Å². The zero-order valence-corrected chi connectivity index (χ0v) is 8.60. The quantitative estimate of drug-likeness (QED) is 0.760. The molecule has 0 amide bonds. The van der Waals surface area contributed by atoms with Gasteiger partial charge < -0.3 is 10.5 Å². The number of aromatic nitrogens is 3. The summed E-state index contributed by atoms with van der Waals surface area (Å²) in [5.41, 5.74) is 5.48. The molecule has 2 heterocycles. The Hall–Kier alpha value is -1.10. The number of nitrogen functional groups attached to an aromatic ring is 1. The van der Waals surface area contributed by atoms with Crippen LogP contribution in [0.4, 0.5) is 5.82 Å². The van der Waals surface area contributed by atoms with Crippen LogP contribution in [0.2, 0.25) is 0 Å². The fourth-order valence-electron chi connectivity index (χ4n) is 1.82. The lowest BCUT2D eigenvalue weighted by Crippen LogP contribution is -2.23. The average Bonchev–Trinajstić information content (AvgIpc) is 2.59. The van der Waals surface area contributed by atoms with Gasteiger partial charge in [0.2, 0.25) is 0 Å². The van der Waals surface area contributed by atoms with Gasteiger partial charge in [-0.05, 0) is 26.7 Å². The Morgan fingerprint density at radius 3 is 3.00 bits per heavy atom. The number of hydrogen-bond donors (Lipinski definition) is 1. The van der Waals surface area contributed by atoms with E-state index >= 15 is 0 Å². The summed E-state index contributed by atoms with van der Waals surface area (Å²) in [6.45, 7) is 4.97. The van der Waals surface area contributed by atoms with Gasteiger partial charge in [-0.3, -0.25) is 0 Å². The lowest BCUT2D eigenvalue weighted by Gasteiger charge is -2.18. The van der Waals surface area contributed by atoms with E-state index in [1.165, 1.54) is 0 Å². The highest BCUT2D eigenvalue weighted by molar-refractivity contribution is 5.19. The standard InChI is InChI=1S/C9H16N4O/c1-9(2)4-3-7(14-9)5-13-6-8(10)11-12-13/h6-7H,3-5,10H2,1-2H3. The van der Waals surface area contributed by atoms with Crippen molar-refractivity contribution in [3.63, 3.8) is 0 Å². The first-order valence-electron chi connectivity index (χ1n) is 4.89. The van der Waals surface area contributed by atoms with Gasteiger partial charge in [0.05, 0.1) is 24.4 Å². The normalized spacial score (nSPS) is 25.4. The maximum absolute atomic E-state index is 5.83. The van der Waals surface area contributed by atoms with Crippen molar-refractivity contribution in [2.24, 2.45) is 0 Å². The molecule has 1 unspecified atom stereocenters. The molecule has 2 N–H and O–H groups in total. The van der Waals surface area contributed by atoms with E-state index in [4.69, 9.17) is 10.5 Å². The zero-order valence-electron chi connectivity index (χ0n) is 8.60. The molecule has 0 aliphatic carbocycles. The third kappa shape index (κ3) is 2.04. The summed E-state index contributed by atoms with van der Waals surface area (Å²) in [5.74, 6) is 0.460. The molecule has 0 spiro atoms. The topological polar surface area (TPSA) is 66.0 Å². The Balaban J connectivity index is 1.94. The molecule has 1 fully saturated rings. The summed E-state index contributed by atoms with van der Waals surface area (Å²) in [7, 11) is 0. The number of hydrogen-bond acceptors (Lipinski definition) is 4. The molecular weight excluding hydrogens is 180 g/mol. The monoisotopic (exact) mass is 196 g/mol. The van der Waals surface area contributed by atoms with E-state index < -0.39 is 0 Å². The minimum absolute atomic E-state index is 0.0107. The molecule has 0 aromatic carbocycles. The van der Waals surface area contributed by atoms with E-state index in [0.29, 0.717) is 5.82 Å². The van der Waals surface area contributed by atoms with Crippen LogP contribution in [0.15, 0.2) is 6.20 Å². The van der Waals surface area contributed by atoms with Gasteiger partial charge in [0, 0.05) is 0 Å². The SMILES string of the molecule is CC1(C)CCC(Cn2cc(N)nn2)O1. The molecule has 0 radical (unpaired) electrons. The van der Waals surface area contributed by atoms with Crippen LogP contribution in [0, 0.1) is 0 Å². The first-order chi connectivity index (χ1) is 6.55. The van der Waals surface area contributed by atoms with Crippen LogP contribution in [-0.2, 0) is 11.3 Å². The van der Waals surface area contributed by atoms with Gasteiger partial charge in [-0.15, -0.1) is 5.10 Å². The van der Waals surface area contributed by atoms with Crippen molar-refractivity contribution in [2.75, 3.05) is 5.73 Å². The molecule has 0 saturated carbocycles. The third-order valence-electron chi connectivity index (χ3n) is 2.50. The van der Waals surface area contributed by atoms with E-state index in [-0.39, 0.29) is 11.7 Å². The summed E-state index contributed by atoms with van der Waals surface area (Å²) in [4.78, 5) is 0. The predicted octanol–water partition coefficient (Wildman–Crippen LogP) is 0.818. The Bertz CT molecular complexity index is 320. The first kappa shape index (κ1) is 9.45. The second kappa shape index (κ2) is 3.24. The van der Waals surface area contributed by atoms with Gasteiger partial charge in [0.1, 0.15) is 0 Å². The van der Waals surface area contributed by atoms with Gasteiger partial charge in [0.15, 0.2) is 5.82 Å². The molecule has 1 aromatic rings. The highest BCUT2D eigenvalue weighted by atomic mass is 16.5. The van der Waals surface area contributed by atoms with E-state index in [2.05, 4.69) is 24.2 Å². The van der Waals surface area contributed by atoms with Crippen LogP contribution in [0.3, 0.4) is 0 Å². The summed E-state index contributed by atoms with van der Waals surface area (Å²) in [6.07, 6.45) is 4.15. The summed E-state index contributed by atoms with van der Waals surface area (Å²) in [5, 5.41) is 7.62. The lowest BCUT2D eigenvalue weighted by atomic mass is 10.1. The Morgan fingerprint density at radius 2 is 2.50 bits per heavy atom. The Labute approximate surface area is 83.2 Å². The molecule has 5 nitrogen and oxygen atoms in total. The second-order valence-corrected chi connectivity index (χ2v) is 4.40. The largest absolute Gasteiger partial charge is 0.381 e. The summed E-state index contributed by atoms with van der Waals surface area (Å²) in [6, 6.07) is 0. The third-order valence-corrected chi connectivity index (χ3v) is 2.50. The molecule has 78 valence electrons. The molecule has 1 aliphatic heterocycles. The minimum atomic E-state index is 0.0107. The maximum atomic E-state index is 5.83. The zero-order chi connectivity index (χ0) is 10.2. The van der Waals surface area contributed by atoms with Crippen LogP contribution < -0.4 is 5.73 Å². The number of nitrogens with zero attached hydrogens (tertiary/aromatic N) is 3. The summed E-state index contributed by atoms with van der Waals surface area (Å²) >= 11 is 0. The fraction of sp³-hybridized carbons (Fsp3) is 0.778. The van der Waals surface area contributed by atoms with Crippen molar-refractivity contribution in [1.82, 2.24) is 15.0 Å². The Morgan fingerprint density at radius 1 is 1.71 bits per heavy atom. The maximum Gasteiger partial charge on any atom is 0.165 e. The van der Waals surface area contributed by atoms with Gasteiger partial charge >= 0.3 is 0 Å². The Kier molecular flexibility index (Phi) is 2.19. The molecule has 1 saturated heterocycles. The van der Waals surface area contributed by atoms with Crippen molar-refractivity contribution < 1.29 is 4.74 Å². The van der Waals surface area contributed by atoms with E-state index in [0.717, 1.165) is 19.4 Å². The van der Waals surface area contributed by atoms with Crippen molar-refractivity contribution in [3.05, 3.63) is 6.20 Å². The molecule has 1 aliphatic rings. The van der Waals surface area contributed by atoms with Crippen molar-refractivity contribution in [3.8, 4) is 0 Å². The van der Waals surface area contributed by atoms with Crippen molar-refractivity contribution in [1.29, 1.82) is 0 Å². The average molecular weight is 196 g/mol. The van der Waals surface area contributed by atoms with Gasteiger partial charge in [-0.2, -0.15) is 0 Å². The fourth-order valence-corrected chi connectivity index (χ4v) is 1.82. The molecule has 2 rings (SSSR count). The molecule has 5 heteroatoms. The van der Waals surface area contributed by atoms with Gasteiger partial charge in [-0.1, -0.05) is 5.21 Å². The minimum Gasteiger partial charge on any atom is -0.381 e. The molecular formula is C9H16N4O. The van der Waals surface area contributed by atoms with Crippen molar-refractivity contribution >= 4 is 5.82 Å². The molecule has 14 heavy (non-hydrogen) atoms. The molecule has 0 bridgehead atoms. The highest BCUT2D eigenvalue weighted by Crippen LogP contribution is 2.29. The van der Waals surface area contributed by atoms with Crippen LogP contribution in [-0.4, -0.2) is 26.7 Å². The molecule has 1 atom stereocenters. The van der Waals surface area contributed by atoms with Crippen LogP contribution in [0.5, 0.6) is 0 Å².